The first-order chi connectivity index (χ1) is 18.3. The van der Waals surface area contributed by atoms with E-state index >= 15 is 0 Å². The second-order valence-corrected chi connectivity index (χ2v) is 10.7. The first-order valence-corrected chi connectivity index (χ1v) is 12.9. The van der Waals surface area contributed by atoms with Crippen LogP contribution in [0, 0.1) is 6.92 Å². The highest BCUT2D eigenvalue weighted by Gasteiger charge is 2.36. The van der Waals surface area contributed by atoms with Gasteiger partial charge < -0.3 is 25.0 Å². The number of amides is 1. The van der Waals surface area contributed by atoms with Gasteiger partial charge in [0, 0.05) is 43.1 Å². The van der Waals surface area contributed by atoms with Gasteiger partial charge in [-0.05, 0) is 57.5 Å². The van der Waals surface area contributed by atoms with Gasteiger partial charge >= 0.3 is 6.18 Å². The lowest BCUT2D eigenvalue weighted by Crippen LogP contribution is -2.36. The Balaban J connectivity index is 1.60. The summed E-state index contributed by atoms with van der Waals surface area (Å²) in [5, 5.41) is 6.57. The van der Waals surface area contributed by atoms with Crippen LogP contribution in [0.4, 0.5) is 30.4 Å². The van der Waals surface area contributed by atoms with Crippen LogP contribution in [0.3, 0.4) is 0 Å². The van der Waals surface area contributed by atoms with Crippen LogP contribution in [0.5, 0.6) is 5.75 Å². The molecule has 3 heterocycles. The van der Waals surface area contributed by atoms with E-state index in [1.807, 2.05) is 19.9 Å². The van der Waals surface area contributed by atoms with Gasteiger partial charge in [-0.2, -0.15) is 13.2 Å². The summed E-state index contributed by atoms with van der Waals surface area (Å²) < 4.78 is 53.0. The van der Waals surface area contributed by atoms with Gasteiger partial charge in [-0.3, -0.25) is 4.79 Å². The number of carbonyl (C=O) groups excluding carboxylic acids is 1. The number of halogens is 3. The van der Waals surface area contributed by atoms with Gasteiger partial charge in [-0.25, -0.2) is 9.97 Å². The third kappa shape index (κ3) is 5.59. The second-order valence-electron chi connectivity index (χ2n) is 10.7. The molecule has 1 amide bonds. The number of hydrogen-bond donors (Lipinski definition) is 2. The minimum Gasteiger partial charge on any atom is -0.485 e. The monoisotopic (exact) mass is 543 g/mol. The molecule has 2 aliphatic rings. The van der Waals surface area contributed by atoms with Gasteiger partial charge in [-0.15, -0.1) is 0 Å². The molecule has 39 heavy (non-hydrogen) atoms. The lowest BCUT2D eigenvalue weighted by atomic mass is 9.98. The molecule has 0 bridgehead atoms. The molecule has 0 radical (unpaired) electrons. The first-order valence-electron chi connectivity index (χ1n) is 12.9. The third-order valence-corrected chi connectivity index (χ3v) is 6.92. The van der Waals surface area contributed by atoms with Crippen LogP contribution in [0.2, 0.25) is 0 Å². The normalized spacial score (nSPS) is 17.5. The number of nitrogens with zero attached hydrogens (tertiary/aromatic N) is 3. The van der Waals surface area contributed by atoms with Crippen molar-refractivity contribution in [2.24, 2.45) is 0 Å². The highest BCUT2D eigenvalue weighted by atomic mass is 19.4. The molecule has 1 aromatic heterocycles. The summed E-state index contributed by atoms with van der Waals surface area (Å²) in [5.41, 5.74) is 1.88. The van der Waals surface area contributed by atoms with Gasteiger partial charge in [0.25, 0.3) is 0 Å². The van der Waals surface area contributed by atoms with Crippen LogP contribution in [0.25, 0.3) is 10.9 Å². The zero-order chi connectivity index (χ0) is 28.1. The summed E-state index contributed by atoms with van der Waals surface area (Å²) >= 11 is 0. The number of nitrogens with one attached hydrogen (secondary N) is 2. The average Bonchev–Trinajstić information content (AvgIpc) is 3.18. The van der Waals surface area contributed by atoms with E-state index in [0.717, 1.165) is 40.0 Å². The number of aryl methyl sites for hydroxylation is 1. The Kier molecular flexibility index (Phi) is 6.82. The van der Waals surface area contributed by atoms with Crippen molar-refractivity contribution in [1.82, 2.24) is 9.97 Å². The number of fused-ring (bicyclic) bond motifs is 3. The molecule has 11 heteroatoms. The lowest BCUT2D eigenvalue weighted by Gasteiger charge is -2.31. The van der Waals surface area contributed by atoms with E-state index in [1.54, 1.807) is 13.8 Å². The van der Waals surface area contributed by atoms with E-state index in [4.69, 9.17) is 14.5 Å². The SMILES string of the molecule is CC(=O)Nc1cc(C(C)Nc2nc(C)nc3c4c(c(N5CCOCC5)cc23)OC(C)(C)C4)cc(C(F)(F)F)c1. The molecule has 0 saturated carbocycles. The highest BCUT2D eigenvalue weighted by Crippen LogP contribution is 2.47. The molecular weight excluding hydrogens is 511 g/mol. The Morgan fingerprint density at radius 1 is 1.13 bits per heavy atom. The number of aromatic nitrogens is 2. The number of morpholine rings is 1. The molecule has 2 aliphatic heterocycles. The molecule has 0 spiro atoms. The van der Waals surface area contributed by atoms with Crippen molar-refractivity contribution in [3.8, 4) is 5.75 Å². The molecule has 0 aliphatic carbocycles. The van der Waals surface area contributed by atoms with Crippen LogP contribution >= 0.6 is 0 Å². The van der Waals surface area contributed by atoms with E-state index in [1.165, 1.54) is 13.0 Å². The van der Waals surface area contributed by atoms with Crippen molar-refractivity contribution < 1.29 is 27.4 Å². The van der Waals surface area contributed by atoms with Crippen molar-refractivity contribution >= 4 is 34.0 Å². The summed E-state index contributed by atoms with van der Waals surface area (Å²) in [7, 11) is 0. The van der Waals surface area contributed by atoms with E-state index in [2.05, 4.69) is 20.5 Å². The summed E-state index contributed by atoms with van der Waals surface area (Å²) in [6.45, 7) is 11.5. The van der Waals surface area contributed by atoms with Crippen molar-refractivity contribution in [3.05, 3.63) is 46.8 Å². The molecular formula is C28H32F3N5O3. The molecule has 1 fully saturated rings. The number of anilines is 3. The summed E-state index contributed by atoms with van der Waals surface area (Å²) in [5.74, 6) is 1.41. The minimum atomic E-state index is -4.57. The first kappa shape index (κ1) is 27.0. The predicted molar refractivity (Wildman–Crippen MR) is 144 cm³/mol. The van der Waals surface area contributed by atoms with Crippen molar-refractivity contribution in [2.45, 2.75) is 58.9 Å². The van der Waals surface area contributed by atoms with E-state index < -0.39 is 29.3 Å². The number of benzene rings is 2. The summed E-state index contributed by atoms with van der Waals surface area (Å²) in [6, 6.07) is 5.00. The van der Waals surface area contributed by atoms with Crippen LogP contribution in [0.15, 0.2) is 24.3 Å². The Morgan fingerprint density at radius 3 is 2.51 bits per heavy atom. The Morgan fingerprint density at radius 2 is 1.85 bits per heavy atom. The fraction of sp³-hybridized carbons (Fsp3) is 0.464. The zero-order valence-electron chi connectivity index (χ0n) is 22.6. The summed E-state index contributed by atoms with van der Waals surface area (Å²) in [6.07, 6.45) is -3.91. The molecule has 8 nitrogen and oxygen atoms in total. The van der Waals surface area contributed by atoms with Crippen LogP contribution in [0.1, 0.15) is 56.3 Å². The highest BCUT2D eigenvalue weighted by molar-refractivity contribution is 5.97. The summed E-state index contributed by atoms with van der Waals surface area (Å²) in [4.78, 5) is 23.2. The van der Waals surface area contributed by atoms with Crippen LogP contribution in [-0.2, 0) is 22.1 Å². The Bertz CT molecular complexity index is 1430. The smallest absolute Gasteiger partial charge is 0.416 e. The fourth-order valence-electron chi connectivity index (χ4n) is 5.21. The maximum absolute atomic E-state index is 13.7. The van der Waals surface area contributed by atoms with Crippen molar-refractivity contribution in [2.75, 3.05) is 41.8 Å². The quantitative estimate of drug-likeness (QED) is 0.431. The van der Waals surface area contributed by atoms with E-state index in [9.17, 15) is 18.0 Å². The number of rotatable bonds is 5. The van der Waals surface area contributed by atoms with Crippen molar-refractivity contribution in [1.29, 1.82) is 0 Å². The zero-order valence-corrected chi connectivity index (χ0v) is 22.6. The van der Waals surface area contributed by atoms with Crippen molar-refractivity contribution in [3.63, 3.8) is 0 Å². The van der Waals surface area contributed by atoms with E-state index in [0.29, 0.717) is 49.9 Å². The predicted octanol–water partition coefficient (Wildman–Crippen LogP) is 5.64. The van der Waals surface area contributed by atoms with Gasteiger partial charge in [0.2, 0.25) is 5.91 Å². The van der Waals surface area contributed by atoms with Crippen LogP contribution < -0.4 is 20.3 Å². The topological polar surface area (TPSA) is 88.6 Å². The largest absolute Gasteiger partial charge is 0.485 e. The van der Waals surface area contributed by atoms with Crippen LogP contribution in [-0.4, -0.2) is 47.8 Å². The maximum Gasteiger partial charge on any atom is 0.416 e. The van der Waals surface area contributed by atoms with Gasteiger partial charge in [0.15, 0.2) is 0 Å². The Hall–Kier alpha value is -3.60. The van der Waals surface area contributed by atoms with Gasteiger partial charge in [0.05, 0.1) is 36.0 Å². The molecule has 1 unspecified atom stereocenters. The third-order valence-electron chi connectivity index (χ3n) is 6.92. The fourth-order valence-corrected chi connectivity index (χ4v) is 5.21. The molecule has 5 rings (SSSR count). The minimum absolute atomic E-state index is 0.0801. The molecule has 1 saturated heterocycles. The number of carbonyl (C=O) groups is 1. The molecule has 2 N–H and O–H groups in total. The molecule has 3 aromatic rings. The van der Waals surface area contributed by atoms with Gasteiger partial charge in [0.1, 0.15) is 23.0 Å². The lowest BCUT2D eigenvalue weighted by molar-refractivity contribution is -0.137. The molecule has 2 aromatic carbocycles. The standard InChI is InChI=1S/C28H32F3N5O3/c1-15(18-10-19(28(29,30)31)12-20(11-18)35-17(3)37)32-26-21-13-23(36-6-8-38-9-7-36)25-22(14-27(4,5)39-25)24(21)33-16(2)34-26/h10-13,15H,6-9,14H2,1-5H3,(H,35,37)(H,32,33,34). The number of hydrogen-bond acceptors (Lipinski definition) is 7. The number of ether oxygens (including phenoxy) is 2. The maximum atomic E-state index is 13.7. The second kappa shape index (κ2) is 9.86. The average molecular weight is 544 g/mol. The molecule has 208 valence electrons. The van der Waals surface area contributed by atoms with E-state index in [-0.39, 0.29) is 5.69 Å². The Labute approximate surface area is 224 Å². The number of alkyl halides is 3. The molecule has 1 atom stereocenters. The van der Waals surface area contributed by atoms with Gasteiger partial charge in [-0.1, -0.05) is 0 Å².